The second kappa shape index (κ2) is 8.02. The van der Waals surface area contributed by atoms with Crippen molar-refractivity contribution >= 4 is 23.2 Å². The van der Waals surface area contributed by atoms with Gasteiger partial charge in [-0.05, 0) is 18.6 Å². The number of ether oxygens (including phenoxy) is 1. The van der Waals surface area contributed by atoms with Crippen molar-refractivity contribution in [3.05, 3.63) is 23.3 Å². The Balaban J connectivity index is 2.92. The predicted molar refractivity (Wildman–Crippen MR) is 78.8 cm³/mol. The summed E-state index contributed by atoms with van der Waals surface area (Å²) in [4.78, 5) is 21.7. The first-order valence-corrected chi connectivity index (χ1v) is 7.24. The molecule has 1 rings (SSSR count). The summed E-state index contributed by atoms with van der Waals surface area (Å²) in [6.45, 7) is 1.41. The van der Waals surface area contributed by atoms with Crippen LogP contribution in [-0.4, -0.2) is 45.7 Å². The van der Waals surface area contributed by atoms with E-state index in [1.807, 2.05) is 0 Å². The van der Waals surface area contributed by atoms with Crippen molar-refractivity contribution in [2.45, 2.75) is 25.6 Å². The van der Waals surface area contributed by atoms with Crippen molar-refractivity contribution in [1.29, 1.82) is 0 Å². The standard InChI is InChI=1S/C14H18O6S/c1-8(16)21-4-3-11(17)13(18)10-5-9(7-15)6-12(20-2)14(10)19/h5-7,11,13,17-19H,3-4H2,1-2H3. The highest BCUT2D eigenvalue weighted by Crippen LogP contribution is 2.36. The summed E-state index contributed by atoms with van der Waals surface area (Å²) in [7, 11) is 1.32. The van der Waals surface area contributed by atoms with Crippen LogP contribution in [0, 0.1) is 0 Å². The van der Waals surface area contributed by atoms with E-state index in [0.717, 1.165) is 11.8 Å². The Labute approximate surface area is 126 Å². The third kappa shape index (κ3) is 4.73. The molecule has 0 aliphatic heterocycles. The van der Waals surface area contributed by atoms with Gasteiger partial charge in [0.15, 0.2) is 16.6 Å². The lowest BCUT2D eigenvalue weighted by molar-refractivity contribution is -0.109. The van der Waals surface area contributed by atoms with E-state index in [4.69, 9.17) is 4.74 Å². The SMILES string of the molecule is COc1cc(C=O)cc(C(O)C(O)CCSC(C)=O)c1O. The largest absolute Gasteiger partial charge is 0.504 e. The van der Waals surface area contributed by atoms with Gasteiger partial charge >= 0.3 is 0 Å². The van der Waals surface area contributed by atoms with E-state index in [2.05, 4.69) is 0 Å². The normalized spacial score (nSPS) is 13.5. The van der Waals surface area contributed by atoms with Crippen molar-refractivity contribution < 1.29 is 29.6 Å². The number of carbonyl (C=O) groups is 2. The van der Waals surface area contributed by atoms with E-state index < -0.39 is 12.2 Å². The maximum Gasteiger partial charge on any atom is 0.185 e. The molecule has 0 spiro atoms. The molecule has 21 heavy (non-hydrogen) atoms. The molecule has 0 fully saturated rings. The van der Waals surface area contributed by atoms with Crippen LogP contribution in [0.4, 0.5) is 0 Å². The Bertz CT molecular complexity index is 516. The highest BCUT2D eigenvalue weighted by Gasteiger charge is 2.24. The molecule has 116 valence electrons. The van der Waals surface area contributed by atoms with Gasteiger partial charge < -0.3 is 20.1 Å². The van der Waals surface area contributed by atoms with E-state index >= 15 is 0 Å². The molecule has 1 aromatic carbocycles. The second-order valence-electron chi connectivity index (χ2n) is 4.42. The van der Waals surface area contributed by atoms with Crippen molar-refractivity contribution in [2.24, 2.45) is 0 Å². The fourth-order valence-corrected chi connectivity index (χ4v) is 2.44. The average molecular weight is 314 g/mol. The number of methoxy groups -OCH3 is 1. The van der Waals surface area contributed by atoms with Gasteiger partial charge in [0.25, 0.3) is 0 Å². The molecular weight excluding hydrogens is 296 g/mol. The number of rotatable bonds is 7. The lowest BCUT2D eigenvalue weighted by Gasteiger charge is -2.20. The van der Waals surface area contributed by atoms with E-state index in [-0.39, 0.29) is 34.2 Å². The van der Waals surface area contributed by atoms with Crippen LogP contribution in [0.1, 0.15) is 35.4 Å². The molecule has 6 nitrogen and oxygen atoms in total. The summed E-state index contributed by atoms with van der Waals surface area (Å²) < 4.78 is 4.92. The molecule has 3 N–H and O–H groups in total. The molecule has 7 heteroatoms. The van der Waals surface area contributed by atoms with Gasteiger partial charge in [-0.25, -0.2) is 0 Å². The summed E-state index contributed by atoms with van der Waals surface area (Å²) in [6.07, 6.45) is -1.84. The molecular formula is C14H18O6S. The van der Waals surface area contributed by atoms with Crippen molar-refractivity contribution in [1.82, 2.24) is 0 Å². The predicted octanol–water partition coefficient (Wildman–Crippen LogP) is 1.28. The summed E-state index contributed by atoms with van der Waals surface area (Å²) in [5.41, 5.74) is 0.223. The Morgan fingerprint density at radius 1 is 1.43 bits per heavy atom. The molecule has 0 heterocycles. The molecule has 0 aliphatic carbocycles. The minimum Gasteiger partial charge on any atom is -0.504 e. The van der Waals surface area contributed by atoms with Crippen molar-refractivity contribution in [3.63, 3.8) is 0 Å². The van der Waals surface area contributed by atoms with Crippen LogP contribution in [0.3, 0.4) is 0 Å². The van der Waals surface area contributed by atoms with Gasteiger partial charge in [-0.15, -0.1) is 0 Å². The summed E-state index contributed by atoms with van der Waals surface area (Å²) in [5, 5.41) is 29.9. The topological polar surface area (TPSA) is 104 Å². The van der Waals surface area contributed by atoms with Crippen molar-refractivity contribution in [3.8, 4) is 11.5 Å². The molecule has 0 saturated heterocycles. The van der Waals surface area contributed by atoms with Gasteiger partial charge in [0, 0.05) is 23.8 Å². The summed E-state index contributed by atoms with van der Waals surface area (Å²) in [6, 6.07) is 2.62. The lowest BCUT2D eigenvalue weighted by Crippen LogP contribution is -2.19. The molecule has 0 amide bonds. The Morgan fingerprint density at radius 3 is 2.62 bits per heavy atom. The minimum absolute atomic E-state index is 0.0109. The number of thioether (sulfide) groups is 1. The van der Waals surface area contributed by atoms with Gasteiger partial charge in [0.05, 0.1) is 13.2 Å². The molecule has 2 atom stereocenters. The monoisotopic (exact) mass is 314 g/mol. The summed E-state index contributed by atoms with van der Waals surface area (Å²) >= 11 is 1.04. The number of carbonyl (C=O) groups excluding carboxylic acids is 2. The van der Waals surface area contributed by atoms with E-state index in [1.54, 1.807) is 0 Å². The van der Waals surface area contributed by atoms with E-state index in [1.165, 1.54) is 26.2 Å². The van der Waals surface area contributed by atoms with Gasteiger partial charge in [0.1, 0.15) is 12.4 Å². The highest BCUT2D eigenvalue weighted by atomic mass is 32.2. The number of aliphatic hydroxyl groups is 2. The average Bonchev–Trinajstić information content (AvgIpc) is 2.46. The Morgan fingerprint density at radius 2 is 2.10 bits per heavy atom. The van der Waals surface area contributed by atoms with Crippen LogP contribution in [0.2, 0.25) is 0 Å². The molecule has 2 unspecified atom stereocenters. The number of aldehydes is 1. The first kappa shape index (κ1) is 17.5. The number of aromatic hydroxyl groups is 1. The second-order valence-corrected chi connectivity index (χ2v) is 5.69. The number of benzene rings is 1. The Kier molecular flexibility index (Phi) is 6.67. The van der Waals surface area contributed by atoms with Crippen LogP contribution >= 0.6 is 11.8 Å². The van der Waals surface area contributed by atoms with Crippen LogP contribution in [0.15, 0.2) is 12.1 Å². The lowest BCUT2D eigenvalue weighted by atomic mass is 9.99. The van der Waals surface area contributed by atoms with Gasteiger partial charge in [0.2, 0.25) is 0 Å². The quantitative estimate of drug-likeness (QED) is 0.651. The molecule has 0 bridgehead atoms. The Hall–Kier alpha value is -1.57. The fraction of sp³-hybridized carbons (Fsp3) is 0.429. The van der Waals surface area contributed by atoms with Crippen LogP contribution in [0.5, 0.6) is 11.5 Å². The third-order valence-corrected chi connectivity index (χ3v) is 3.73. The number of hydrogen-bond donors (Lipinski definition) is 3. The maximum atomic E-state index is 10.9. The van der Waals surface area contributed by atoms with Crippen LogP contribution in [-0.2, 0) is 4.79 Å². The summed E-state index contributed by atoms with van der Waals surface area (Å²) in [5.74, 6) is 0.0616. The third-order valence-electron chi connectivity index (χ3n) is 2.88. The molecule has 0 saturated carbocycles. The van der Waals surface area contributed by atoms with E-state index in [0.29, 0.717) is 12.0 Å². The highest BCUT2D eigenvalue weighted by molar-refractivity contribution is 8.13. The van der Waals surface area contributed by atoms with Gasteiger partial charge in [-0.3, -0.25) is 9.59 Å². The zero-order chi connectivity index (χ0) is 16.0. The van der Waals surface area contributed by atoms with Gasteiger partial charge in [-0.2, -0.15) is 0 Å². The van der Waals surface area contributed by atoms with Gasteiger partial charge in [-0.1, -0.05) is 11.8 Å². The zero-order valence-corrected chi connectivity index (χ0v) is 12.6. The molecule has 0 aliphatic rings. The smallest absolute Gasteiger partial charge is 0.185 e. The number of phenols is 1. The van der Waals surface area contributed by atoms with Crippen LogP contribution < -0.4 is 4.74 Å². The first-order valence-electron chi connectivity index (χ1n) is 6.26. The number of hydrogen-bond acceptors (Lipinski definition) is 7. The maximum absolute atomic E-state index is 10.9. The zero-order valence-electron chi connectivity index (χ0n) is 11.8. The molecule has 1 aromatic rings. The first-order chi connectivity index (χ1) is 9.90. The van der Waals surface area contributed by atoms with Crippen molar-refractivity contribution in [2.75, 3.05) is 12.9 Å². The number of phenolic OH excluding ortho intramolecular Hbond substituents is 1. The minimum atomic E-state index is -1.38. The molecule has 0 radical (unpaired) electrons. The number of aliphatic hydroxyl groups excluding tert-OH is 2. The fourth-order valence-electron chi connectivity index (χ4n) is 1.79. The van der Waals surface area contributed by atoms with E-state index in [9.17, 15) is 24.9 Å². The van der Waals surface area contributed by atoms with Crippen LogP contribution in [0.25, 0.3) is 0 Å². The molecule has 0 aromatic heterocycles.